The summed E-state index contributed by atoms with van der Waals surface area (Å²) in [7, 11) is 0. The molecule has 0 aromatic rings. The van der Waals surface area contributed by atoms with E-state index >= 15 is 0 Å². The van der Waals surface area contributed by atoms with Gasteiger partial charge in [0.25, 0.3) is 0 Å². The summed E-state index contributed by atoms with van der Waals surface area (Å²) in [5, 5.41) is 0. The van der Waals surface area contributed by atoms with Crippen LogP contribution in [0, 0.1) is 5.92 Å². The number of hydrogen-bond donors (Lipinski definition) is 0. The lowest BCUT2D eigenvalue weighted by Gasteiger charge is -2.02. The highest BCUT2D eigenvalue weighted by molar-refractivity contribution is 5.65. The van der Waals surface area contributed by atoms with Gasteiger partial charge in [-0.25, -0.2) is 0 Å². The molecule has 11 heavy (non-hydrogen) atoms. The molecule has 0 atom stereocenters. The zero-order valence-corrected chi connectivity index (χ0v) is 6.92. The molecule has 0 amide bonds. The topological polar surface area (TPSA) is 60.4 Å². The van der Waals surface area contributed by atoms with Crippen molar-refractivity contribution in [2.75, 3.05) is 6.61 Å². The van der Waals surface area contributed by atoms with Gasteiger partial charge in [-0.15, -0.1) is 0 Å². The molecule has 0 radical (unpaired) electrons. The van der Waals surface area contributed by atoms with Crippen molar-refractivity contribution >= 4 is 12.1 Å². The van der Waals surface area contributed by atoms with Gasteiger partial charge in [-0.1, -0.05) is 13.8 Å². The lowest BCUT2D eigenvalue weighted by atomic mass is 10.2. The van der Waals surface area contributed by atoms with Crippen LogP contribution in [0.2, 0.25) is 0 Å². The fourth-order valence-electron chi connectivity index (χ4n) is 0.284. The number of hydrogen-bond acceptors (Lipinski definition) is 4. The van der Waals surface area contributed by atoms with Crippen LogP contribution in [0.4, 0.5) is 0 Å². The highest BCUT2D eigenvalue weighted by Crippen LogP contribution is 1.91. The van der Waals surface area contributed by atoms with Crippen molar-refractivity contribution in [1.82, 2.24) is 0 Å². The zero-order valence-electron chi connectivity index (χ0n) is 6.92. The minimum Gasteiger partial charge on any atom is -0.466 e. The normalized spacial score (nSPS) is 7.64. The monoisotopic (exact) mass is 160 g/mol. The number of rotatable bonds is 2. The first-order valence-electron chi connectivity index (χ1n) is 3.17. The van der Waals surface area contributed by atoms with Crippen LogP contribution in [0.1, 0.15) is 20.8 Å². The smallest absolute Gasteiger partial charge is 0.373 e. The van der Waals surface area contributed by atoms with Gasteiger partial charge in [0.15, 0.2) is 0 Å². The third-order valence-corrected chi connectivity index (χ3v) is 0.620. The summed E-state index contributed by atoms with van der Waals surface area (Å²) in [6.07, 6.45) is 0.250. The number of carbonyl (C=O) groups excluding carboxylic acids is 3. The van der Waals surface area contributed by atoms with Crippen LogP contribution in [-0.4, -0.2) is 18.7 Å². The van der Waals surface area contributed by atoms with Gasteiger partial charge in [-0.05, 0) is 5.92 Å². The molecule has 0 spiro atoms. The summed E-state index contributed by atoms with van der Waals surface area (Å²) in [5.41, 5.74) is 0. The lowest BCUT2D eigenvalue weighted by molar-refractivity contribution is -0.191. The third kappa shape index (κ3) is 28.0. The van der Waals surface area contributed by atoms with Crippen LogP contribution in [-0.2, 0) is 19.1 Å². The molecule has 0 heterocycles. The summed E-state index contributed by atoms with van der Waals surface area (Å²) < 4.78 is 4.66. The largest absolute Gasteiger partial charge is 0.466 e. The molecule has 0 saturated heterocycles. The Morgan fingerprint density at radius 3 is 1.91 bits per heavy atom. The van der Waals surface area contributed by atoms with E-state index in [0.29, 0.717) is 12.5 Å². The van der Waals surface area contributed by atoms with Crippen molar-refractivity contribution < 1.29 is 19.1 Å². The highest BCUT2D eigenvalue weighted by Gasteiger charge is 1.94. The fourth-order valence-corrected chi connectivity index (χ4v) is 0.284. The van der Waals surface area contributed by atoms with E-state index in [4.69, 9.17) is 9.59 Å². The maximum absolute atomic E-state index is 10.1. The molecule has 0 bridgehead atoms. The maximum atomic E-state index is 10.1. The van der Waals surface area contributed by atoms with Gasteiger partial charge in [-0.2, -0.15) is 9.59 Å². The number of carbonyl (C=O) groups is 1. The van der Waals surface area contributed by atoms with Gasteiger partial charge in [-0.3, -0.25) is 4.79 Å². The molecule has 0 aliphatic heterocycles. The minimum atomic E-state index is -0.196. The molecule has 0 aliphatic carbocycles. The van der Waals surface area contributed by atoms with Crippen molar-refractivity contribution in [1.29, 1.82) is 0 Å². The molecular weight excluding hydrogens is 148 g/mol. The molecule has 0 saturated carbocycles. The quantitative estimate of drug-likeness (QED) is 0.555. The Morgan fingerprint density at radius 1 is 1.45 bits per heavy atom. The minimum absolute atomic E-state index is 0.196. The van der Waals surface area contributed by atoms with Crippen LogP contribution < -0.4 is 0 Å². The summed E-state index contributed by atoms with van der Waals surface area (Å²) in [6, 6.07) is 0. The molecular formula is C7H12O4. The summed E-state index contributed by atoms with van der Waals surface area (Å²) >= 11 is 0. The average molecular weight is 160 g/mol. The first kappa shape index (κ1) is 12.5. The maximum Gasteiger partial charge on any atom is 0.373 e. The molecule has 0 unspecified atom stereocenters. The second-order valence-corrected chi connectivity index (χ2v) is 2.28. The standard InChI is InChI=1S/C6H12O2.CO2/c1-5(2)4-8-6(3)7;2-1-3/h5H,4H2,1-3H3;. The molecule has 0 fully saturated rings. The SMILES string of the molecule is CC(=O)OCC(C)C.O=C=O. The predicted molar refractivity (Wildman–Crippen MR) is 36.5 cm³/mol. The van der Waals surface area contributed by atoms with E-state index in [0.717, 1.165) is 0 Å². The van der Waals surface area contributed by atoms with Crippen molar-refractivity contribution in [2.45, 2.75) is 20.8 Å². The van der Waals surface area contributed by atoms with Crippen LogP contribution in [0.5, 0.6) is 0 Å². The summed E-state index contributed by atoms with van der Waals surface area (Å²) in [4.78, 5) is 26.4. The highest BCUT2D eigenvalue weighted by atomic mass is 16.5. The van der Waals surface area contributed by atoms with Crippen LogP contribution >= 0.6 is 0 Å². The second kappa shape index (κ2) is 8.85. The Hall–Kier alpha value is -1.15. The fraction of sp³-hybridized carbons (Fsp3) is 0.714. The van der Waals surface area contributed by atoms with E-state index in [-0.39, 0.29) is 12.1 Å². The van der Waals surface area contributed by atoms with Crippen molar-refractivity contribution in [2.24, 2.45) is 5.92 Å². The van der Waals surface area contributed by atoms with Gasteiger partial charge in [0, 0.05) is 6.92 Å². The van der Waals surface area contributed by atoms with Gasteiger partial charge < -0.3 is 4.74 Å². The first-order chi connectivity index (χ1) is 5.04. The Labute approximate surface area is 65.5 Å². The van der Waals surface area contributed by atoms with E-state index in [1.165, 1.54) is 6.92 Å². The molecule has 0 aromatic heterocycles. The average Bonchev–Trinajstić information content (AvgIpc) is 1.85. The molecule has 0 rings (SSSR count). The van der Waals surface area contributed by atoms with Crippen LogP contribution in [0.15, 0.2) is 0 Å². The zero-order chi connectivity index (χ0) is 9.28. The van der Waals surface area contributed by atoms with Crippen LogP contribution in [0.25, 0.3) is 0 Å². The Morgan fingerprint density at radius 2 is 1.82 bits per heavy atom. The Bertz CT molecular complexity index is 133. The summed E-state index contributed by atoms with van der Waals surface area (Å²) in [6.45, 7) is 5.96. The lowest BCUT2D eigenvalue weighted by Crippen LogP contribution is -2.05. The molecule has 4 heteroatoms. The van der Waals surface area contributed by atoms with Gasteiger partial charge in [0.1, 0.15) is 0 Å². The van der Waals surface area contributed by atoms with E-state index in [2.05, 4.69) is 4.74 Å². The molecule has 0 aromatic carbocycles. The Kier molecular flexibility index (Phi) is 10.1. The van der Waals surface area contributed by atoms with Gasteiger partial charge >= 0.3 is 12.1 Å². The Balaban J connectivity index is 0. The predicted octanol–water partition coefficient (Wildman–Crippen LogP) is 0.622. The van der Waals surface area contributed by atoms with Crippen molar-refractivity contribution in [3.05, 3.63) is 0 Å². The molecule has 0 N–H and O–H groups in total. The number of ether oxygens (including phenoxy) is 1. The second-order valence-electron chi connectivity index (χ2n) is 2.28. The molecule has 0 aliphatic rings. The number of esters is 1. The van der Waals surface area contributed by atoms with Crippen LogP contribution in [0.3, 0.4) is 0 Å². The van der Waals surface area contributed by atoms with Gasteiger partial charge in [0.05, 0.1) is 6.61 Å². The van der Waals surface area contributed by atoms with Crippen molar-refractivity contribution in [3.63, 3.8) is 0 Å². The third-order valence-electron chi connectivity index (χ3n) is 0.620. The first-order valence-corrected chi connectivity index (χ1v) is 3.17. The van der Waals surface area contributed by atoms with Gasteiger partial charge in [0.2, 0.25) is 0 Å². The van der Waals surface area contributed by atoms with E-state index in [1.807, 2.05) is 13.8 Å². The van der Waals surface area contributed by atoms with E-state index in [1.54, 1.807) is 0 Å². The van der Waals surface area contributed by atoms with E-state index in [9.17, 15) is 4.79 Å². The van der Waals surface area contributed by atoms with Crippen molar-refractivity contribution in [3.8, 4) is 0 Å². The van der Waals surface area contributed by atoms with E-state index < -0.39 is 0 Å². The molecule has 4 nitrogen and oxygen atoms in total. The summed E-state index contributed by atoms with van der Waals surface area (Å²) in [5.74, 6) is 0.248. The molecule has 64 valence electrons.